The first-order chi connectivity index (χ1) is 7.76. The molecule has 1 aromatic rings. The topological polar surface area (TPSA) is 29.3 Å². The second kappa shape index (κ2) is 4.88. The molecule has 1 saturated carbocycles. The molecule has 0 aliphatic heterocycles. The summed E-state index contributed by atoms with van der Waals surface area (Å²) in [5, 5.41) is 0. The monoisotopic (exact) mass is 218 g/mol. The summed E-state index contributed by atoms with van der Waals surface area (Å²) in [7, 11) is 0. The van der Waals surface area contributed by atoms with Crippen LogP contribution in [0.1, 0.15) is 38.7 Å². The van der Waals surface area contributed by atoms with Gasteiger partial charge >= 0.3 is 0 Å². The van der Waals surface area contributed by atoms with E-state index in [9.17, 15) is 0 Å². The van der Waals surface area contributed by atoms with E-state index in [0.29, 0.717) is 12.6 Å². The largest absolute Gasteiger partial charge is 0.366 e. The number of nitrogens with zero attached hydrogens (tertiary/aromatic N) is 1. The normalized spacial score (nSPS) is 17.2. The zero-order chi connectivity index (χ0) is 11.5. The highest BCUT2D eigenvalue weighted by Gasteiger charge is 2.31. The van der Waals surface area contributed by atoms with Gasteiger partial charge in [-0.05, 0) is 43.9 Å². The highest BCUT2D eigenvalue weighted by Crippen LogP contribution is 2.34. The minimum atomic E-state index is 0.632. The number of rotatable bonds is 5. The van der Waals surface area contributed by atoms with Gasteiger partial charge in [0.15, 0.2) is 0 Å². The Hall–Kier alpha value is -1.02. The molecular weight excluding hydrogens is 196 g/mol. The minimum absolute atomic E-state index is 0.632. The first kappa shape index (κ1) is 11.5. The molecule has 2 N–H and O–H groups in total. The van der Waals surface area contributed by atoms with Gasteiger partial charge in [-0.2, -0.15) is 0 Å². The second-order valence-corrected chi connectivity index (χ2v) is 4.77. The lowest BCUT2D eigenvalue weighted by atomic mass is 10.1. The van der Waals surface area contributed by atoms with Crippen LogP contribution in [0.15, 0.2) is 24.3 Å². The third kappa shape index (κ3) is 2.38. The standard InChI is InChI=1S/C14H22N2/c1-3-11(2)16(14-8-9-14)13-6-4-12(10-15)5-7-13/h4-7,11,14H,3,8-10,15H2,1-2H3. The van der Waals surface area contributed by atoms with Gasteiger partial charge in [0.2, 0.25) is 0 Å². The molecule has 0 aromatic heterocycles. The molecule has 2 heteroatoms. The first-order valence-electron chi connectivity index (χ1n) is 6.33. The zero-order valence-corrected chi connectivity index (χ0v) is 10.3. The van der Waals surface area contributed by atoms with Crippen LogP contribution in [-0.4, -0.2) is 12.1 Å². The van der Waals surface area contributed by atoms with Gasteiger partial charge < -0.3 is 10.6 Å². The first-order valence-corrected chi connectivity index (χ1v) is 6.33. The van der Waals surface area contributed by atoms with Crippen molar-refractivity contribution in [3.05, 3.63) is 29.8 Å². The lowest BCUT2D eigenvalue weighted by molar-refractivity contribution is 0.612. The average Bonchev–Trinajstić information content (AvgIpc) is 3.14. The van der Waals surface area contributed by atoms with Crippen LogP contribution in [0.25, 0.3) is 0 Å². The van der Waals surface area contributed by atoms with Crippen LogP contribution in [-0.2, 0) is 6.54 Å². The fourth-order valence-corrected chi connectivity index (χ4v) is 2.18. The van der Waals surface area contributed by atoms with Gasteiger partial charge in [-0.25, -0.2) is 0 Å². The fraction of sp³-hybridized carbons (Fsp3) is 0.571. The number of anilines is 1. The molecule has 1 atom stereocenters. The quantitative estimate of drug-likeness (QED) is 0.823. The van der Waals surface area contributed by atoms with Gasteiger partial charge in [-0.1, -0.05) is 19.1 Å². The summed E-state index contributed by atoms with van der Waals surface area (Å²) in [6.07, 6.45) is 3.90. The molecule has 88 valence electrons. The van der Waals surface area contributed by atoms with E-state index in [-0.39, 0.29) is 0 Å². The summed E-state index contributed by atoms with van der Waals surface area (Å²) < 4.78 is 0. The Bertz CT molecular complexity index is 327. The summed E-state index contributed by atoms with van der Waals surface area (Å²) in [5.74, 6) is 0. The molecule has 0 spiro atoms. The Morgan fingerprint density at radius 3 is 2.38 bits per heavy atom. The van der Waals surface area contributed by atoms with Crippen molar-refractivity contribution in [1.82, 2.24) is 0 Å². The van der Waals surface area contributed by atoms with Gasteiger partial charge in [0.05, 0.1) is 0 Å². The molecule has 0 radical (unpaired) electrons. The Kier molecular flexibility index (Phi) is 3.49. The maximum absolute atomic E-state index is 5.62. The molecule has 0 bridgehead atoms. The average molecular weight is 218 g/mol. The van der Waals surface area contributed by atoms with Gasteiger partial charge in [0, 0.05) is 24.3 Å². The second-order valence-electron chi connectivity index (χ2n) is 4.77. The van der Waals surface area contributed by atoms with E-state index in [2.05, 4.69) is 43.0 Å². The summed E-state index contributed by atoms with van der Waals surface area (Å²) in [5.41, 5.74) is 8.19. The minimum Gasteiger partial charge on any atom is -0.366 e. The van der Waals surface area contributed by atoms with Crippen LogP contribution in [0.3, 0.4) is 0 Å². The maximum Gasteiger partial charge on any atom is 0.0371 e. The number of hydrogen-bond acceptors (Lipinski definition) is 2. The zero-order valence-electron chi connectivity index (χ0n) is 10.3. The van der Waals surface area contributed by atoms with E-state index in [1.165, 1.54) is 30.5 Å². The van der Waals surface area contributed by atoms with Crippen LogP contribution in [0.2, 0.25) is 0 Å². The maximum atomic E-state index is 5.62. The van der Waals surface area contributed by atoms with Crippen molar-refractivity contribution in [2.45, 2.75) is 51.7 Å². The van der Waals surface area contributed by atoms with Crippen LogP contribution in [0, 0.1) is 0 Å². The van der Waals surface area contributed by atoms with Gasteiger partial charge in [0.1, 0.15) is 0 Å². The molecule has 0 saturated heterocycles. The lowest BCUT2D eigenvalue weighted by Gasteiger charge is -2.31. The Morgan fingerprint density at radius 2 is 1.94 bits per heavy atom. The van der Waals surface area contributed by atoms with Crippen LogP contribution in [0.5, 0.6) is 0 Å². The van der Waals surface area contributed by atoms with Gasteiger partial charge in [-0.15, -0.1) is 0 Å². The molecule has 1 aromatic carbocycles. The van der Waals surface area contributed by atoms with Crippen LogP contribution < -0.4 is 10.6 Å². The highest BCUT2D eigenvalue weighted by molar-refractivity contribution is 5.50. The highest BCUT2D eigenvalue weighted by atomic mass is 15.2. The Labute approximate surface area is 98.4 Å². The molecule has 0 heterocycles. The van der Waals surface area contributed by atoms with Crippen molar-refractivity contribution in [2.75, 3.05) is 4.90 Å². The molecular formula is C14H22N2. The molecule has 1 aliphatic rings. The summed E-state index contributed by atoms with van der Waals surface area (Å²) in [6.45, 7) is 5.20. The molecule has 2 nitrogen and oxygen atoms in total. The van der Waals surface area contributed by atoms with Crippen molar-refractivity contribution >= 4 is 5.69 Å². The summed E-state index contributed by atoms with van der Waals surface area (Å²) in [6, 6.07) is 10.1. The van der Waals surface area contributed by atoms with Crippen LogP contribution >= 0.6 is 0 Å². The van der Waals surface area contributed by atoms with Crippen LogP contribution in [0.4, 0.5) is 5.69 Å². The van der Waals surface area contributed by atoms with E-state index in [0.717, 1.165) is 6.04 Å². The Balaban J connectivity index is 2.17. The molecule has 0 amide bonds. The van der Waals surface area contributed by atoms with Gasteiger partial charge in [0.25, 0.3) is 0 Å². The predicted molar refractivity (Wildman–Crippen MR) is 69.6 cm³/mol. The fourth-order valence-electron chi connectivity index (χ4n) is 2.18. The molecule has 1 unspecified atom stereocenters. The molecule has 16 heavy (non-hydrogen) atoms. The summed E-state index contributed by atoms with van der Waals surface area (Å²) >= 11 is 0. The molecule has 2 rings (SSSR count). The number of nitrogens with two attached hydrogens (primary N) is 1. The third-order valence-corrected chi connectivity index (χ3v) is 3.48. The predicted octanol–water partition coefficient (Wildman–Crippen LogP) is 2.91. The van der Waals surface area contributed by atoms with Crippen molar-refractivity contribution in [2.24, 2.45) is 5.73 Å². The smallest absolute Gasteiger partial charge is 0.0371 e. The van der Waals surface area contributed by atoms with Crippen molar-refractivity contribution in [3.63, 3.8) is 0 Å². The van der Waals surface area contributed by atoms with E-state index in [1.54, 1.807) is 0 Å². The van der Waals surface area contributed by atoms with Crippen molar-refractivity contribution in [3.8, 4) is 0 Å². The van der Waals surface area contributed by atoms with E-state index in [4.69, 9.17) is 5.73 Å². The SMILES string of the molecule is CCC(C)N(c1ccc(CN)cc1)C1CC1. The van der Waals surface area contributed by atoms with E-state index < -0.39 is 0 Å². The molecule has 1 fully saturated rings. The van der Waals surface area contributed by atoms with E-state index in [1.807, 2.05) is 0 Å². The number of hydrogen-bond donors (Lipinski definition) is 1. The van der Waals surface area contributed by atoms with Crippen molar-refractivity contribution in [1.29, 1.82) is 0 Å². The Morgan fingerprint density at radius 1 is 1.31 bits per heavy atom. The molecule has 1 aliphatic carbocycles. The third-order valence-electron chi connectivity index (χ3n) is 3.48. The lowest BCUT2D eigenvalue weighted by Crippen LogP contribution is -2.34. The number of benzene rings is 1. The van der Waals surface area contributed by atoms with Gasteiger partial charge in [-0.3, -0.25) is 0 Å². The van der Waals surface area contributed by atoms with E-state index >= 15 is 0 Å². The van der Waals surface area contributed by atoms with Crippen molar-refractivity contribution < 1.29 is 0 Å². The summed E-state index contributed by atoms with van der Waals surface area (Å²) in [4.78, 5) is 2.57.